The molecule has 1 aromatic rings. The van der Waals surface area contributed by atoms with E-state index >= 15 is 0 Å². The van der Waals surface area contributed by atoms with Crippen molar-refractivity contribution in [2.75, 3.05) is 13.6 Å². The van der Waals surface area contributed by atoms with E-state index in [4.69, 9.17) is 9.52 Å². The van der Waals surface area contributed by atoms with Crippen LogP contribution in [0.15, 0.2) is 16.7 Å². The lowest BCUT2D eigenvalue weighted by molar-refractivity contribution is -0.125. The number of furan rings is 1. The molecule has 2 rings (SSSR count). The molecular weight excluding hydrogens is 236 g/mol. The van der Waals surface area contributed by atoms with Gasteiger partial charge in [-0.2, -0.15) is 0 Å². The Labute approximate surface area is 105 Å². The number of carbonyl (C=O) groups excluding carboxylic acids is 1. The van der Waals surface area contributed by atoms with Gasteiger partial charge >= 0.3 is 5.97 Å². The third-order valence-corrected chi connectivity index (χ3v) is 3.24. The highest BCUT2D eigenvalue weighted by atomic mass is 16.4. The molecule has 1 atom stereocenters. The highest BCUT2D eigenvalue weighted by molar-refractivity contribution is 5.88. The average Bonchev–Trinajstić information content (AvgIpc) is 2.97. The molecule has 98 valence electrons. The highest BCUT2D eigenvalue weighted by Gasteiger charge is 2.31. The Balaban J connectivity index is 2.10. The summed E-state index contributed by atoms with van der Waals surface area (Å²) < 4.78 is 5.20. The number of rotatable bonds is 4. The van der Waals surface area contributed by atoms with E-state index in [1.165, 1.54) is 12.3 Å². The Morgan fingerprint density at radius 3 is 3.06 bits per heavy atom. The van der Waals surface area contributed by atoms with Gasteiger partial charge in [0.05, 0.1) is 18.8 Å². The van der Waals surface area contributed by atoms with E-state index in [0.717, 1.165) is 19.4 Å². The number of carboxylic acid groups (broad SMARTS) is 1. The molecule has 2 heterocycles. The standard InChI is InChI=1S/C12H16N2O4/c1-13-11(15)9-3-2-5-14(9)7-10-8(12(16)17)4-6-18-10/h4,6,9H,2-3,5,7H2,1H3,(H,13,15)(H,16,17). The van der Waals surface area contributed by atoms with Gasteiger partial charge in [-0.1, -0.05) is 0 Å². The van der Waals surface area contributed by atoms with Gasteiger partial charge in [-0.25, -0.2) is 4.79 Å². The molecule has 18 heavy (non-hydrogen) atoms. The zero-order chi connectivity index (χ0) is 13.1. The number of aromatic carboxylic acids is 1. The summed E-state index contributed by atoms with van der Waals surface area (Å²) in [6.07, 6.45) is 3.09. The molecule has 1 amide bonds. The van der Waals surface area contributed by atoms with Gasteiger partial charge < -0.3 is 14.8 Å². The maximum atomic E-state index is 11.7. The minimum Gasteiger partial charge on any atom is -0.478 e. The first-order valence-electron chi connectivity index (χ1n) is 5.88. The summed E-state index contributed by atoms with van der Waals surface area (Å²) in [6, 6.07) is 1.24. The molecule has 6 heteroatoms. The fourth-order valence-electron chi connectivity index (χ4n) is 2.32. The van der Waals surface area contributed by atoms with Crippen molar-refractivity contribution in [1.82, 2.24) is 10.2 Å². The summed E-state index contributed by atoms with van der Waals surface area (Å²) in [6.45, 7) is 1.13. The molecule has 1 aromatic heterocycles. The predicted molar refractivity (Wildman–Crippen MR) is 63.2 cm³/mol. The molecule has 1 fully saturated rings. The van der Waals surface area contributed by atoms with Gasteiger partial charge in [-0.3, -0.25) is 9.69 Å². The number of hydrogen-bond donors (Lipinski definition) is 2. The molecule has 0 bridgehead atoms. The van der Waals surface area contributed by atoms with Crippen LogP contribution in [0.4, 0.5) is 0 Å². The number of likely N-dealkylation sites (tertiary alicyclic amines) is 1. The number of amides is 1. The van der Waals surface area contributed by atoms with Crippen LogP contribution in [0.2, 0.25) is 0 Å². The first-order valence-corrected chi connectivity index (χ1v) is 5.88. The minimum atomic E-state index is -1.01. The largest absolute Gasteiger partial charge is 0.478 e. The predicted octanol–water partition coefficient (Wildman–Crippen LogP) is 0.688. The maximum Gasteiger partial charge on any atom is 0.339 e. The second kappa shape index (κ2) is 5.22. The van der Waals surface area contributed by atoms with E-state index in [-0.39, 0.29) is 17.5 Å². The Bertz CT molecular complexity index is 455. The van der Waals surface area contributed by atoms with Crippen LogP contribution in [0.3, 0.4) is 0 Å². The van der Waals surface area contributed by atoms with Crippen molar-refractivity contribution < 1.29 is 19.1 Å². The summed E-state index contributed by atoms with van der Waals surface area (Å²) in [5, 5.41) is 11.6. The fraction of sp³-hybridized carbons (Fsp3) is 0.500. The van der Waals surface area contributed by atoms with Gasteiger partial charge in [-0.15, -0.1) is 0 Å². The summed E-state index contributed by atoms with van der Waals surface area (Å²) in [4.78, 5) is 24.6. The van der Waals surface area contributed by atoms with Crippen LogP contribution in [0.1, 0.15) is 29.0 Å². The zero-order valence-corrected chi connectivity index (χ0v) is 10.2. The lowest BCUT2D eigenvalue weighted by Gasteiger charge is -2.22. The van der Waals surface area contributed by atoms with Crippen LogP contribution >= 0.6 is 0 Å². The number of likely N-dealkylation sites (N-methyl/N-ethyl adjacent to an activating group) is 1. The molecule has 1 aliphatic heterocycles. The van der Waals surface area contributed by atoms with Gasteiger partial charge in [0.1, 0.15) is 11.3 Å². The van der Waals surface area contributed by atoms with E-state index in [2.05, 4.69) is 5.32 Å². The van der Waals surface area contributed by atoms with Gasteiger partial charge in [0.15, 0.2) is 0 Å². The number of hydrogen-bond acceptors (Lipinski definition) is 4. The van der Waals surface area contributed by atoms with Crippen LogP contribution < -0.4 is 5.32 Å². The molecule has 1 unspecified atom stereocenters. The second-order valence-corrected chi connectivity index (χ2v) is 4.31. The first-order chi connectivity index (χ1) is 8.63. The average molecular weight is 252 g/mol. The second-order valence-electron chi connectivity index (χ2n) is 4.31. The number of carbonyl (C=O) groups is 2. The van der Waals surface area contributed by atoms with Crippen LogP contribution in [-0.2, 0) is 11.3 Å². The van der Waals surface area contributed by atoms with E-state index in [0.29, 0.717) is 12.3 Å². The third-order valence-electron chi connectivity index (χ3n) is 3.24. The molecular formula is C12H16N2O4. The van der Waals surface area contributed by atoms with Crippen LogP contribution in [-0.4, -0.2) is 41.5 Å². The molecule has 1 aliphatic rings. The quantitative estimate of drug-likeness (QED) is 0.823. The van der Waals surface area contributed by atoms with E-state index in [1.807, 2.05) is 4.90 Å². The van der Waals surface area contributed by atoms with Crippen molar-refractivity contribution in [3.05, 3.63) is 23.7 Å². The molecule has 6 nitrogen and oxygen atoms in total. The molecule has 0 spiro atoms. The summed E-state index contributed by atoms with van der Waals surface area (Å²) in [7, 11) is 1.61. The van der Waals surface area contributed by atoms with Crippen molar-refractivity contribution in [2.45, 2.75) is 25.4 Å². The molecule has 1 saturated heterocycles. The topological polar surface area (TPSA) is 82.8 Å². The number of carboxylic acids is 1. The molecule has 2 N–H and O–H groups in total. The van der Waals surface area contributed by atoms with Crippen LogP contribution in [0, 0.1) is 0 Å². The third kappa shape index (κ3) is 2.38. The summed E-state index contributed by atoms with van der Waals surface area (Å²) >= 11 is 0. The lowest BCUT2D eigenvalue weighted by atomic mass is 10.2. The molecule has 0 aromatic carbocycles. The van der Waals surface area contributed by atoms with Crippen LogP contribution in [0.5, 0.6) is 0 Å². The van der Waals surface area contributed by atoms with Crippen molar-refractivity contribution in [1.29, 1.82) is 0 Å². The van der Waals surface area contributed by atoms with Gasteiger partial charge in [0, 0.05) is 7.05 Å². The molecule has 0 aliphatic carbocycles. The number of nitrogens with zero attached hydrogens (tertiary/aromatic N) is 1. The SMILES string of the molecule is CNC(=O)C1CCCN1Cc1occc1C(=O)O. The Hall–Kier alpha value is -1.82. The van der Waals surface area contributed by atoms with Crippen molar-refractivity contribution in [2.24, 2.45) is 0 Å². The maximum absolute atomic E-state index is 11.7. The van der Waals surface area contributed by atoms with E-state index in [1.54, 1.807) is 7.05 Å². The van der Waals surface area contributed by atoms with Crippen molar-refractivity contribution >= 4 is 11.9 Å². The fourth-order valence-corrected chi connectivity index (χ4v) is 2.32. The Morgan fingerprint density at radius 1 is 1.61 bits per heavy atom. The summed E-state index contributed by atoms with van der Waals surface area (Å²) in [5.74, 6) is -0.635. The summed E-state index contributed by atoms with van der Waals surface area (Å²) in [5.41, 5.74) is 0.164. The van der Waals surface area contributed by atoms with Gasteiger partial charge in [0.2, 0.25) is 5.91 Å². The smallest absolute Gasteiger partial charge is 0.339 e. The normalized spacial score (nSPS) is 19.9. The van der Waals surface area contributed by atoms with Crippen molar-refractivity contribution in [3.63, 3.8) is 0 Å². The van der Waals surface area contributed by atoms with E-state index in [9.17, 15) is 9.59 Å². The molecule has 0 radical (unpaired) electrons. The monoisotopic (exact) mass is 252 g/mol. The van der Waals surface area contributed by atoms with E-state index < -0.39 is 5.97 Å². The van der Waals surface area contributed by atoms with Crippen molar-refractivity contribution in [3.8, 4) is 0 Å². The Kier molecular flexibility index (Phi) is 3.66. The van der Waals surface area contributed by atoms with Crippen LogP contribution in [0.25, 0.3) is 0 Å². The Morgan fingerprint density at radius 2 is 2.39 bits per heavy atom. The first kappa shape index (κ1) is 12.6. The lowest BCUT2D eigenvalue weighted by Crippen LogP contribution is -2.41. The van der Waals surface area contributed by atoms with Gasteiger partial charge in [0.25, 0.3) is 0 Å². The van der Waals surface area contributed by atoms with Gasteiger partial charge in [-0.05, 0) is 25.5 Å². The minimum absolute atomic E-state index is 0.0315. The highest BCUT2D eigenvalue weighted by Crippen LogP contribution is 2.22. The zero-order valence-electron chi connectivity index (χ0n) is 10.2. The molecule has 0 saturated carbocycles. The number of nitrogens with one attached hydrogen (secondary N) is 1.